The van der Waals surface area contributed by atoms with Crippen molar-refractivity contribution in [2.45, 2.75) is 51.4 Å². The number of rotatable bonds is 14. The van der Waals surface area contributed by atoms with Crippen LogP contribution in [0.2, 0.25) is 0 Å². The molecule has 0 bridgehead atoms. The quantitative estimate of drug-likeness (QED) is 0.174. The van der Waals surface area contributed by atoms with E-state index in [0.717, 1.165) is 28.5 Å². The Bertz CT molecular complexity index is 1120. The van der Waals surface area contributed by atoms with Crippen LogP contribution in [-0.2, 0) is 24.4 Å². The van der Waals surface area contributed by atoms with Gasteiger partial charge in [-0.05, 0) is 67.8 Å². The number of aldehydes is 1. The van der Waals surface area contributed by atoms with Gasteiger partial charge >= 0.3 is 0 Å². The summed E-state index contributed by atoms with van der Waals surface area (Å²) in [5.41, 5.74) is 2.57. The van der Waals surface area contributed by atoms with E-state index in [-0.39, 0.29) is 12.0 Å². The lowest BCUT2D eigenvalue weighted by atomic mass is 9.92. The standard InChI is InChI=1S/C32H38F2N2O2/c1-31(2,35(3)21-28-15-17-30(38-4)18-16-28)19-29(24-37)20-32(33,34)25-36(22-26-11-7-5-8-12-26)23-27-13-9-6-10-14-27/h5-18,20,24H,19,21-23,25H2,1-4H3/b29-20+. The van der Waals surface area contributed by atoms with Crippen molar-refractivity contribution in [3.8, 4) is 5.75 Å². The maximum Gasteiger partial charge on any atom is 0.279 e. The summed E-state index contributed by atoms with van der Waals surface area (Å²) in [5, 5.41) is 0. The van der Waals surface area contributed by atoms with Gasteiger partial charge in [0.2, 0.25) is 0 Å². The summed E-state index contributed by atoms with van der Waals surface area (Å²) in [4.78, 5) is 15.7. The smallest absolute Gasteiger partial charge is 0.279 e. The second-order valence-electron chi connectivity index (χ2n) is 10.4. The third-order valence-electron chi connectivity index (χ3n) is 6.73. The molecule has 0 atom stereocenters. The molecule has 38 heavy (non-hydrogen) atoms. The zero-order valence-corrected chi connectivity index (χ0v) is 22.7. The maximum absolute atomic E-state index is 15.4. The average Bonchev–Trinajstić information content (AvgIpc) is 2.89. The molecule has 0 aliphatic rings. The Hall–Kier alpha value is -3.35. The summed E-state index contributed by atoms with van der Waals surface area (Å²) >= 11 is 0. The van der Waals surface area contributed by atoms with Crippen LogP contribution >= 0.6 is 0 Å². The minimum absolute atomic E-state index is 0.0981. The minimum Gasteiger partial charge on any atom is -0.497 e. The molecule has 3 rings (SSSR count). The summed E-state index contributed by atoms with van der Waals surface area (Å²) in [6, 6.07) is 26.9. The molecule has 0 heterocycles. The monoisotopic (exact) mass is 520 g/mol. The molecule has 0 saturated carbocycles. The molecule has 3 aromatic rings. The van der Waals surface area contributed by atoms with Gasteiger partial charge in [0.25, 0.3) is 5.92 Å². The molecule has 0 aliphatic heterocycles. The van der Waals surface area contributed by atoms with Crippen molar-refractivity contribution < 1.29 is 18.3 Å². The van der Waals surface area contributed by atoms with Crippen LogP contribution in [0.25, 0.3) is 0 Å². The number of alkyl halides is 2. The average molecular weight is 521 g/mol. The number of hydrogen-bond acceptors (Lipinski definition) is 4. The topological polar surface area (TPSA) is 32.8 Å². The van der Waals surface area contributed by atoms with Gasteiger partial charge in [0.05, 0.1) is 13.7 Å². The van der Waals surface area contributed by atoms with Gasteiger partial charge in [-0.3, -0.25) is 14.6 Å². The van der Waals surface area contributed by atoms with Crippen LogP contribution in [0, 0.1) is 0 Å². The summed E-state index contributed by atoms with van der Waals surface area (Å²) in [7, 11) is 3.56. The molecule has 4 nitrogen and oxygen atoms in total. The lowest BCUT2D eigenvalue weighted by molar-refractivity contribution is -0.105. The lowest BCUT2D eigenvalue weighted by Gasteiger charge is -2.36. The first-order valence-electron chi connectivity index (χ1n) is 12.8. The highest BCUT2D eigenvalue weighted by molar-refractivity contribution is 5.73. The van der Waals surface area contributed by atoms with Crippen LogP contribution in [0.4, 0.5) is 8.78 Å². The Morgan fingerprint density at radius 3 is 1.79 bits per heavy atom. The van der Waals surface area contributed by atoms with Crippen LogP contribution in [0.3, 0.4) is 0 Å². The van der Waals surface area contributed by atoms with Crippen LogP contribution in [0.1, 0.15) is 37.0 Å². The summed E-state index contributed by atoms with van der Waals surface area (Å²) < 4.78 is 36.0. The highest BCUT2D eigenvalue weighted by Crippen LogP contribution is 2.28. The lowest BCUT2D eigenvalue weighted by Crippen LogP contribution is -2.41. The molecule has 0 spiro atoms. The van der Waals surface area contributed by atoms with Crippen LogP contribution in [-0.4, -0.2) is 48.2 Å². The molecule has 0 aromatic heterocycles. The molecular weight excluding hydrogens is 482 g/mol. The second-order valence-corrected chi connectivity index (χ2v) is 10.4. The number of carbonyl (C=O) groups excluding carboxylic acids is 1. The first kappa shape index (κ1) is 29.2. The Labute approximate surface area is 225 Å². The molecule has 6 heteroatoms. The van der Waals surface area contributed by atoms with Crippen molar-refractivity contribution in [2.24, 2.45) is 0 Å². The summed E-state index contributed by atoms with van der Waals surface area (Å²) in [6.45, 7) is 4.81. The molecule has 0 aliphatic carbocycles. The Morgan fingerprint density at radius 2 is 1.32 bits per heavy atom. The van der Waals surface area contributed by atoms with E-state index in [9.17, 15) is 4.79 Å². The van der Waals surface area contributed by atoms with E-state index in [0.29, 0.717) is 25.9 Å². The van der Waals surface area contributed by atoms with E-state index in [1.807, 2.05) is 106 Å². The summed E-state index contributed by atoms with van der Waals surface area (Å²) in [6.07, 6.45) is 1.62. The highest BCUT2D eigenvalue weighted by atomic mass is 19.3. The van der Waals surface area contributed by atoms with Gasteiger partial charge in [-0.1, -0.05) is 72.8 Å². The van der Waals surface area contributed by atoms with Crippen molar-refractivity contribution in [3.63, 3.8) is 0 Å². The van der Waals surface area contributed by atoms with Gasteiger partial charge < -0.3 is 4.74 Å². The highest BCUT2D eigenvalue weighted by Gasteiger charge is 2.32. The van der Waals surface area contributed by atoms with E-state index >= 15 is 8.78 Å². The molecule has 0 unspecified atom stereocenters. The van der Waals surface area contributed by atoms with Crippen molar-refractivity contribution in [3.05, 3.63) is 113 Å². The van der Waals surface area contributed by atoms with Gasteiger partial charge in [0.1, 0.15) is 12.0 Å². The summed E-state index contributed by atoms with van der Waals surface area (Å²) in [5.74, 6) is -2.40. The first-order valence-corrected chi connectivity index (χ1v) is 12.8. The van der Waals surface area contributed by atoms with Crippen molar-refractivity contribution in [1.29, 1.82) is 0 Å². The van der Waals surface area contributed by atoms with Crippen LogP contribution in [0.15, 0.2) is 96.6 Å². The van der Waals surface area contributed by atoms with Crippen LogP contribution in [0.5, 0.6) is 5.75 Å². The van der Waals surface area contributed by atoms with Gasteiger partial charge in [-0.25, -0.2) is 8.78 Å². The molecular formula is C32H38F2N2O2. The molecule has 3 aromatic carbocycles. The Kier molecular flexibility index (Phi) is 10.3. The van der Waals surface area contributed by atoms with E-state index in [1.54, 1.807) is 12.0 Å². The molecule has 0 fully saturated rings. The molecule has 0 amide bonds. The van der Waals surface area contributed by atoms with Crippen molar-refractivity contribution in [1.82, 2.24) is 9.80 Å². The fourth-order valence-electron chi connectivity index (χ4n) is 4.45. The van der Waals surface area contributed by atoms with E-state index in [2.05, 4.69) is 4.90 Å². The van der Waals surface area contributed by atoms with Crippen molar-refractivity contribution >= 4 is 6.29 Å². The van der Waals surface area contributed by atoms with E-state index in [1.165, 1.54) is 0 Å². The Morgan fingerprint density at radius 1 is 0.816 bits per heavy atom. The number of benzene rings is 3. The fraction of sp³-hybridized carbons (Fsp3) is 0.344. The second kappa shape index (κ2) is 13.4. The van der Waals surface area contributed by atoms with Crippen molar-refractivity contribution in [2.75, 3.05) is 20.7 Å². The van der Waals surface area contributed by atoms with Gasteiger partial charge in [0, 0.05) is 25.2 Å². The predicted octanol–water partition coefficient (Wildman–Crippen LogP) is 6.76. The molecule has 0 N–H and O–H groups in total. The number of ether oxygens (including phenoxy) is 1. The first-order chi connectivity index (χ1) is 18.1. The van der Waals surface area contributed by atoms with Crippen LogP contribution < -0.4 is 4.74 Å². The van der Waals surface area contributed by atoms with Gasteiger partial charge in [-0.15, -0.1) is 0 Å². The van der Waals surface area contributed by atoms with E-state index in [4.69, 9.17) is 4.74 Å². The number of nitrogens with zero attached hydrogens (tertiary/aromatic N) is 2. The number of carbonyl (C=O) groups is 1. The SMILES string of the molecule is COc1ccc(CN(C)C(C)(C)C/C(C=O)=C\C(F)(F)CN(Cc2ccccc2)Cc2ccccc2)cc1. The molecule has 0 saturated heterocycles. The van der Waals surface area contributed by atoms with Gasteiger partial charge in [-0.2, -0.15) is 0 Å². The zero-order valence-electron chi connectivity index (χ0n) is 22.7. The normalized spacial score (nSPS) is 12.7. The zero-order chi connectivity index (χ0) is 27.6. The minimum atomic E-state index is -3.18. The number of halogens is 2. The van der Waals surface area contributed by atoms with E-state index < -0.39 is 18.0 Å². The molecule has 0 radical (unpaired) electrons. The third-order valence-corrected chi connectivity index (χ3v) is 6.73. The Balaban J connectivity index is 1.72. The third kappa shape index (κ3) is 9.19. The van der Waals surface area contributed by atoms with Gasteiger partial charge in [0.15, 0.2) is 0 Å². The molecule has 202 valence electrons. The maximum atomic E-state index is 15.4. The largest absolute Gasteiger partial charge is 0.497 e. The predicted molar refractivity (Wildman–Crippen MR) is 149 cm³/mol. The number of hydrogen-bond donors (Lipinski definition) is 0. The number of methoxy groups -OCH3 is 1. The fourth-order valence-corrected chi connectivity index (χ4v) is 4.45.